The maximum Gasteiger partial charge on any atom is 0.416 e. The molecule has 0 aliphatic heterocycles. The van der Waals surface area contributed by atoms with Gasteiger partial charge in [-0.15, -0.1) is 0 Å². The molecule has 40 heavy (non-hydrogen) atoms. The average molecular weight is 546 g/mol. The number of aromatic nitrogens is 4. The first-order chi connectivity index (χ1) is 19.2. The third kappa shape index (κ3) is 5.63. The van der Waals surface area contributed by atoms with Gasteiger partial charge in [-0.25, -0.2) is 15.0 Å². The lowest BCUT2D eigenvalue weighted by Crippen LogP contribution is -2.10. The van der Waals surface area contributed by atoms with Crippen LogP contribution >= 0.6 is 0 Å². The number of methoxy groups -OCH3 is 1. The van der Waals surface area contributed by atoms with Crippen molar-refractivity contribution in [3.05, 3.63) is 97.1 Å². The van der Waals surface area contributed by atoms with Crippen LogP contribution in [0.15, 0.2) is 86.0 Å². The van der Waals surface area contributed by atoms with Gasteiger partial charge in [0.15, 0.2) is 0 Å². The van der Waals surface area contributed by atoms with Gasteiger partial charge in [-0.1, -0.05) is 12.6 Å². The number of aromatic amines is 1. The monoisotopic (exact) mass is 545 g/mol. The summed E-state index contributed by atoms with van der Waals surface area (Å²) in [6, 6.07) is 12.1. The van der Waals surface area contributed by atoms with E-state index >= 15 is 0 Å². The maximum atomic E-state index is 13.7. The van der Waals surface area contributed by atoms with Crippen LogP contribution in [0.4, 0.5) is 18.9 Å². The largest absolute Gasteiger partial charge is 0.481 e. The van der Waals surface area contributed by atoms with Crippen LogP contribution in [-0.4, -0.2) is 33.0 Å². The van der Waals surface area contributed by atoms with E-state index in [1.807, 2.05) is 6.07 Å². The lowest BCUT2D eigenvalue weighted by Gasteiger charge is -2.13. The van der Waals surface area contributed by atoms with Crippen LogP contribution in [0.3, 0.4) is 0 Å². The summed E-state index contributed by atoms with van der Waals surface area (Å²) in [5.41, 5.74) is 2.42. The minimum Gasteiger partial charge on any atom is -0.481 e. The van der Waals surface area contributed by atoms with Crippen molar-refractivity contribution in [1.82, 2.24) is 19.9 Å². The van der Waals surface area contributed by atoms with Crippen LogP contribution in [0.1, 0.15) is 11.1 Å². The number of pyridine rings is 3. The molecule has 2 N–H and O–H groups in total. The Balaban J connectivity index is 1.59. The van der Waals surface area contributed by atoms with E-state index in [1.165, 1.54) is 19.4 Å². The number of carbonyl (C=O) groups is 1. The van der Waals surface area contributed by atoms with E-state index in [4.69, 9.17) is 9.47 Å². The molecule has 0 radical (unpaired) electrons. The van der Waals surface area contributed by atoms with E-state index in [0.717, 1.165) is 34.9 Å². The summed E-state index contributed by atoms with van der Waals surface area (Å²) in [7, 11) is 1.50. The van der Waals surface area contributed by atoms with Crippen molar-refractivity contribution in [3.8, 4) is 34.0 Å². The second-order valence-corrected chi connectivity index (χ2v) is 8.65. The fourth-order valence-corrected chi connectivity index (χ4v) is 4.13. The van der Waals surface area contributed by atoms with Gasteiger partial charge in [0.05, 0.1) is 12.7 Å². The first-order valence-electron chi connectivity index (χ1n) is 12.0. The third-order valence-electron chi connectivity index (χ3n) is 6.05. The Labute approximate surface area is 226 Å². The molecule has 1 amide bonds. The van der Waals surface area contributed by atoms with Crippen LogP contribution in [0, 0.1) is 0 Å². The summed E-state index contributed by atoms with van der Waals surface area (Å²) in [6.07, 6.45) is 2.83. The summed E-state index contributed by atoms with van der Waals surface area (Å²) in [5, 5.41) is 3.06. The number of ether oxygens (including phenoxy) is 2. The Hall–Kier alpha value is -5.19. The molecule has 11 heteroatoms. The van der Waals surface area contributed by atoms with Crippen LogP contribution < -0.4 is 14.8 Å². The number of amides is 1. The Morgan fingerprint density at radius 2 is 1.88 bits per heavy atom. The number of hydrogen-bond donors (Lipinski definition) is 2. The molecule has 8 nitrogen and oxygen atoms in total. The minimum atomic E-state index is -4.63. The van der Waals surface area contributed by atoms with Crippen molar-refractivity contribution in [1.29, 1.82) is 0 Å². The van der Waals surface area contributed by atoms with Gasteiger partial charge in [-0.05, 0) is 47.5 Å². The summed E-state index contributed by atoms with van der Waals surface area (Å²) in [6.45, 7) is 3.51. The molecule has 4 aromatic heterocycles. The van der Waals surface area contributed by atoms with Gasteiger partial charge < -0.3 is 19.8 Å². The van der Waals surface area contributed by atoms with Crippen molar-refractivity contribution in [3.63, 3.8) is 0 Å². The topological polar surface area (TPSA) is 102 Å². The zero-order chi connectivity index (χ0) is 28.3. The zero-order valence-electron chi connectivity index (χ0n) is 21.1. The summed E-state index contributed by atoms with van der Waals surface area (Å²) in [4.78, 5) is 27.8. The Bertz CT molecular complexity index is 1700. The highest BCUT2D eigenvalue weighted by atomic mass is 19.4. The SMILES string of the molecule is C=CC(=O)Nc1cc(-c2cnc3[nH]cc(-c4cc(OC)ncc4COc4ccccn4)c3c2)cc(C(F)(F)F)c1. The standard InChI is InChI=1S/C29H22F3N5O3/c1-3-25(38)37-21-9-17(8-20(11-21)29(30,31)32)18-10-23-24(15-36-28(23)35-13-18)22-12-27(39-2)34-14-19(22)16-40-26-6-4-5-7-33-26/h3-15H,1,16H2,2H3,(H,35,36)(H,37,38). The number of hydrogen-bond acceptors (Lipinski definition) is 6. The van der Waals surface area contributed by atoms with E-state index < -0.39 is 17.6 Å². The Morgan fingerprint density at radius 1 is 1.02 bits per heavy atom. The van der Waals surface area contributed by atoms with Crippen LogP contribution in [0.2, 0.25) is 0 Å². The molecule has 5 aromatic rings. The predicted octanol–water partition coefficient (Wildman–Crippen LogP) is 6.42. The Morgan fingerprint density at radius 3 is 2.60 bits per heavy atom. The molecular formula is C29H22F3N5O3. The number of rotatable bonds is 8. The van der Waals surface area contributed by atoms with Crippen molar-refractivity contribution < 1.29 is 27.4 Å². The van der Waals surface area contributed by atoms with Crippen LogP contribution in [0.5, 0.6) is 11.8 Å². The summed E-state index contributed by atoms with van der Waals surface area (Å²) >= 11 is 0. The van der Waals surface area contributed by atoms with Crippen LogP contribution in [0.25, 0.3) is 33.3 Å². The number of alkyl halides is 3. The molecule has 0 bridgehead atoms. The highest BCUT2D eigenvalue weighted by Crippen LogP contribution is 2.38. The number of carbonyl (C=O) groups excluding carboxylic acids is 1. The lowest BCUT2D eigenvalue weighted by molar-refractivity contribution is -0.137. The molecular weight excluding hydrogens is 523 g/mol. The van der Waals surface area contributed by atoms with Gasteiger partial charge in [-0.2, -0.15) is 13.2 Å². The molecule has 4 heterocycles. The number of nitrogens with one attached hydrogen (secondary N) is 2. The number of halogens is 3. The number of anilines is 1. The molecule has 5 rings (SSSR count). The highest BCUT2D eigenvalue weighted by molar-refractivity contribution is 6.00. The number of fused-ring (bicyclic) bond motifs is 1. The molecule has 0 aliphatic rings. The van der Waals surface area contributed by atoms with Gasteiger partial charge in [0.1, 0.15) is 12.3 Å². The fraction of sp³-hybridized carbons (Fsp3) is 0.103. The molecule has 0 atom stereocenters. The lowest BCUT2D eigenvalue weighted by atomic mass is 9.98. The number of H-pyrrole nitrogens is 1. The summed E-state index contributed by atoms with van der Waals surface area (Å²) in [5.74, 6) is 0.186. The van der Waals surface area contributed by atoms with Gasteiger partial charge in [-0.3, -0.25) is 4.79 Å². The van der Waals surface area contributed by atoms with Crippen molar-refractivity contribution in [2.24, 2.45) is 0 Å². The van der Waals surface area contributed by atoms with E-state index in [-0.39, 0.29) is 17.9 Å². The van der Waals surface area contributed by atoms with Gasteiger partial charge in [0.25, 0.3) is 0 Å². The van der Waals surface area contributed by atoms with Gasteiger partial charge in [0.2, 0.25) is 17.7 Å². The molecule has 0 saturated heterocycles. The third-order valence-corrected chi connectivity index (χ3v) is 6.05. The van der Waals surface area contributed by atoms with E-state index in [9.17, 15) is 18.0 Å². The maximum absolute atomic E-state index is 13.7. The molecule has 0 fully saturated rings. The van der Waals surface area contributed by atoms with Crippen LogP contribution in [-0.2, 0) is 17.6 Å². The number of nitrogens with zero attached hydrogens (tertiary/aromatic N) is 3. The zero-order valence-corrected chi connectivity index (χ0v) is 21.1. The van der Waals surface area contributed by atoms with Gasteiger partial charge >= 0.3 is 6.18 Å². The smallest absolute Gasteiger partial charge is 0.416 e. The average Bonchev–Trinajstić information content (AvgIpc) is 3.39. The first kappa shape index (κ1) is 26.4. The quantitative estimate of drug-likeness (QED) is 0.218. The first-order valence-corrected chi connectivity index (χ1v) is 12.0. The molecule has 0 aliphatic carbocycles. The summed E-state index contributed by atoms with van der Waals surface area (Å²) < 4.78 is 52.3. The molecule has 1 aromatic carbocycles. The molecule has 0 spiro atoms. The Kier molecular flexibility index (Phi) is 7.19. The van der Waals surface area contributed by atoms with E-state index in [1.54, 1.807) is 42.9 Å². The fourth-order valence-electron chi connectivity index (χ4n) is 4.13. The number of benzene rings is 1. The van der Waals surface area contributed by atoms with Crippen molar-refractivity contribution in [2.75, 3.05) is 12.4 Å². The second-order valence-electron chi connectivity index (χ2n) is 8.65. The normalized spacial score (nSPS) is 11.3. The predicted molar refractivity (Wildman–Crippen MR) is 144 cm³/mol. The van der Waals surface area contributed by atoms with Gasteiger partial charge in [0, 0.05) is 64.7 Å². The van der Waals surface area contributed by atoms with E-state index in [2.05, 4.69) is 31.8 Å². The minimum absolute atomic E-state index is 0.0167. The van der Waals surface area contributed by atoms with Crippen molar-refractivity contribution >= 4 is 22.6 Å². The molecule has 0 saturated carbocycles. The molecule has 202 valence electrons. The molecule has 0 unspecified atom stereocenters. The van der Waals surface area contributed by atoms with E-state index in [0.29, 0.717) is 28.4 Å². The second kappa shape index (κ2) is 10.9. The highest BCUT2D eigenvalue weighted by Gasteiger charge is 2.31. The van der Waals surface area contributed by atoms with Crippen molar-refractivity contribution in [2.45, 2.75) is 12.8 Å².